The van der Waals surface area contributed by atoms with E-state index in [0.717, 1.165) is 17.7 Å². The minimum atomic E-state index is -0.216. The molecule has 1 atom stereocenters. The van der Waals surface area contributed by atoms with Crippen molar-refractivity contribution in [3.05, 3.63) is 30.2 Å². The molecule has 20 heavy (non-hydrogen) atoms. The van der Waals surface area contributed by atoms with E-state index in [4.69, 9.17) is 15.0 Å². The van der Waals surface area contributed by atoms with Crippen molar-refractivity contribution in [1.82, 2.24) is 10.1 Å². The van der Waals surface area contributed by atoms with Crippen LogP contribution >= 0.6 is 0 Å². The van der Waals surface area contributed by atoms with Gasteiger partial charge in [-0.05, 0) is 31.4 Å². The lowest BCUT2D eigenvalue weighted by Gasteiger charge is -2.08. The van der Waals surface area contributed by atoms with Crippen LogP contribution in [-0.4, -0.2) is 16.7 Å². The summed E-state index contributed by atoms with van der Waals surface area (Å²) in [7, 11) is 0. The Hall–Kier alpha value is -1.88. The minimum absolute atomic E-state index is 0.216. The van der Waals surface area contributed by atoms with E-state index in [2.05, 4.69) is 24.0 Å². The van der Waals surface area contributed by atoms with Gasteiger partial charge in [0.1, 0.15) is 5.75 Å². The summed E-state index contributed by atoms with van der Waals surface area (Å²) in [4.78, 5) is 4.38. The van der Waals surface area contributed by atoms with E-state index in [9.17, 15) is 0 Å². The normalized spacial score (nSPS) is 12.7. The fourth-order valence-electron chi connectivity index (χ4n) is 2.00. The number of nitrogens with zero attached hydrogens (tertiary/aromatic N) is 2. The highest BCUT2D eigenvalue weighted by Gasteiger charge is 2.17. The van der Waals surface area contributed by atoms with Gasteiger partial charge in [-0.15, -0.1) is 0 Å². The summed E-state index contributed by atoms with van der Waals surface area (Å²) in [5, 5.41) is 3.99. The van der Waals surface area contributed by atoms with Crippen molar-refractivity contribution in [2.75, 3.05) is 6.61 Å². The Morgan fingerprint density at radius 3 is 2.85 bits per heavy atom. The Morgan fingerprint density at radius 2 is 2.15 bits per heavy atom. The molecule has 1 aromatic carbocycles. The highest BCUT2D eigenvalue weighted by Crippen LogP contribution is 2.24. The summed E-state index contributed by atoms with van der Waals surface area (Å²) in [6, 6.07) is 7.41. The number of hydrogen-bond acceptors (Lipinski definition) is 5. The average molecular weight is 275 g/mol. The maximum Gasteiger partial charge on any atom is 0.243 e. The zero-order chi connectivity index (χ0) is 14.5. The standard InChI is InChI=1S/C15H21N3O2/c1-4-19-12-7-5-6-11(9-12)14-17-15(20-18-14)13(16)8-10(2)3/h5-7,9-10,13H,4,8,16H2,1-3H3/t13-/m0/s1. The number of rotatable bonds is 6. The van der Waals surface area contributed by atoms with Crippen molar-refractivity contribution in [3.8, 4) is 17.1 Å². The largest absolute Gasteiger partial charge is 0.494 e. The maximum atomic E-state index is 6.04. The fraction of sp³-hybridized carbons (Fsp3) is 0.467. The van der Waals surface area contributed by atoms with Crippen LogP contribution in [0.2, 0.25) is 0 Å². The first kappa shape index (κ1) is 14.5. The molecule has 0 saturated heterocycles. The predicted molar refractivity (Wildman–Crippen MR) is 77.3 cm³/mol. The lowest BCUT2D eigenvalue weighted by Crippen LogP contribution is -2.13. The molecule has 1 aromatic heterocycles. The minimum Gasteiger partial charge on any atom is -0.494 e. The second-order valence-corrected chi connectivity index (χ2v) is 5.15. The van der Waals surface area contributed by atoms with Crippen molar-refractivity contribution in [3.63, 3.8) is 0 Å². The fourth-order valence-corrected chi connectivity index (χ4v) is 2.00. The van der Waals surface area contributed by atoms with Crippen molar-refractivity contribution in [2.45, 2.75) is 33.2 Å². The molecular formula is C15H21N3O2. The number of aromatic nitrogens is 2. The van der Waals surface area contributed by atoms with Crippen LogP contribution in [0, 0.1) is 5.92 Å². The van der Waals surface area contributed by atoms with Crippen molar-refractivity contribution in [2.24, 2.45) is 11.7 Å². The van der Waals surface area contributed by atoms with E-state index in [1.807, 2.05) is 31.2 Å². The van der Waals surface area contributed by atoms with E-state index >= 15 is 0 Å². The molecule has 0 amide bonds. The van der Waals surface area contributed by atoms with Gasteiger partial charge in [0.2, 0.25) is 11.7 Å². The first-order valence-corrected chi connectivity index (χ1v) is 6.92. The molecule has 0 aliphatic heterocycles. The zero-order valence-electron chi connectivity index (χ0n) is 12.2. The summed E-state index contributed by atoms with van der Waals surface area (Å²) in [6.07, 6.45) is 0.820. The van der Waals surface area contributed by atoms with Gasteiger partial charge in [-0.3, -0.25) is 0 Å². The highest BCUT2D eigenvalue weighted by molar-refractivity contribution is 5.56. The number of hydrogen-bond donors (Lipinski definition) is 1. The van der Waals surface area contributed by atoms with E-state index in [-0.39, 0.29) is 6.04 Å². The third kappa shape index (κ3) is 3.57. The van der Waals surface area contributed by atoms with Crippen molar-refractivity contribution < 1.29 is 9.26 Å². The van der Waals surface area contributed by atoms with Gasteiger partial charge in [0, 0.05) is 5.56 Å². The van der Waals surface area contributed by atoms with Crippen molar-refractivity contribution >= 4 is 0 Å². The quantitative estimate of drug-likeness (QED) is 0.876. The second kappa shape index (κ2) is 6.52. The van der Waals surface area contributed by atoms with E-state index in [1.165, 1.54) is 0 Å². The number of nitrogens with two attached hydrogens (primary N) is 1. The topological polar surface area (TPSA) is 74.2 Å². The van der Waals surface area contributed by atoms with Gasteiger partial charge in [0.05, 0.1) is 12.6 Å². The third-order valence-corrected chi connectivity index (χ3v) is 2.89. The van der Waals surface area contributed by atoms with Crippen LogP contribution < -0.4 is 10.5 Å². The van der Waals surface area contributed by atoms with Gasteiger partial charge in [0.15, 0.2) is 0 Å². The molecule has 0 aliphatic rings. The lowest BCUT2D eigenvalue weighted by molar-refractivity contribution is 0.335. The lowest BCUT2D eigenvalue weighted by atomic mass is 10.0. The molecule has 0 saturated carbocycles. The Labute approximate surface area is 119 Å². The van der Waals surface area contributed by atoms with Crippen molar-refractivity contribution in [1.29, 1.82) is 0 Å². The smallest absolute Gasteiger partial charge is 0.243 e. The first-order chi connectivity index (χ1) is 9.60. The maximum absolute atomic E-state index is 6.04. The van der Waals surface area contributed by atoms with E-state index in [1.54, 1.807) is 0 Å². The molecular weight excluding hydrogens is 254 g/mol. The molecule has 0 unspecified atom stereocenters. The number of benzene rings is 1. The van der Waals surface area contributed by atoms with Crippen LogP contribution in [0.3, 0.4) is 0 Å². The summed E-state index contributed by atoms with van der Waals surface area (Å²) < 4.78 is 10.7. The van der Waals surface area contributed by atoms with Gasteiger partial charge in [-0.25, -0.2) is 0 Å². The Balaban J connectivity index is 2.17. The summed E-state index contributed by atoms with van der Waals surface area (Å²) in [5.41, 5.74) is 6.91. The van der Waals surface area contributed by atoms with Gasteiger partial charge in [-0.1, -0.05) is 31.1 Å². The highest BCUT2D eigenvalue weighted by atomic mass is 16.5. The summed E-state index contributed by atoms with van der Waals surface area (Å²) >= 11 is 0. The molecule has 0 bridgehead atoms. The average Bonchev–Trinajstić information content (AvgIpc) is 2.88. The zero-order valence-corrected chi connectivity index (χ0v) is 12.2. The van der Waals surface area contributed by atoms with E-state index in [0.29, 0.717) is 24.2 Å². The first-order valence-electron chi connectivity index (χ1n) is 6.92. The van der Waals surface area contributed by atoms with Gasteiger partial charge in [-0.2, -0.15) is 4.98 Å². The van der Waals surface area contributed by atoms with Crippen LogP contribution in [0.15, 0.2) is 28.8 Å². The van der Waals surface area contributed by atoms with Crippen LogP contribution in [0.1, 0.15) is 39.1 Å². The van der Waals surface area contributed by atoms with Crippen LogP contribution in [0.25, 0.3) is 11.4 Å². The molecule has 2 N–H and O–H groups in total. The van der Waals surface area contributed by atoms with Gasteiger partial charge < -0.3 is 15.0 Å². The molecule has 108 valence electrons. The molecule has 1 heterocycles. The molecule has 0 spiro atoms. The Kier molecular flexibility index (Phi) is 4.74. The molecule has 2 aromatic rings. The summed E-state index contributed by atoms with van der Waals surface area (Å²) in [6.45, 7) is 6.80. The van der Waals surface area contributed by atoms with Crippen LogP contribution in [0.4, 0.5) is 0 Å². The van der Waals surface area contributed by atoms with Gasteiger partial charge in [0.25, 0.3) is 0 Å². The Bertz CT molecular complexity index is 552. The third-order valence-electron chi connectivity index (χ3n) is 2.89. The van der Waals surface area contributed by atoms with E-state index < -0.39 is 0 Å². The molecule has 0 radical (unpaired) electrons. The van der Waals surface area contributed by atoms with Gasteiger partial charge >= 0.3 is 0 Å². The molecule has 2 rings (SSSR count). The molecule has 5 heteroatoms. The van der Waals surface area contributed by atoms with Crippen LogP contribution in [0.5, 0.6) is 5.75 Å². The second-order valence-electron chi connectivity index (χ2n) is 5.15. The predicted octanol–water partition coefficient (Wildman–Crippen LogP) is 3.18. The summed E-state index contributed by atoms with van der Waals surface area (Å²) in [5.74, 6) is 2.31. The monoisotopic (exact) mass is 275 g/mol. The Morgan fingerprint density at radius 1 is 1.35 bits per heavy atom. The SMILES string of the molecule is CCOc1cccc(-c2noc([C@@H](N)CC(C)C)n2)c1. The van der Waals surface area contributed by atoms with Crippen LogP contribution in [-0.2, 0) is 0 Å². The molecule has 5 nitrogen and oxygen atoms in total. The number of ether oxygens (including phenoxy) is 1. The molecule has 0 fully saturated rings. The molecule has 0 aliphatic carbocycles.